The van der Waals surface area contributed by atoms with Crippen LogP contribution in [0.15, 0.2) is 83.8 Å². The van der Waals surface area contributed by atoms with Crippen LogP contribution in [0.4, 0.5) is 0 Å². The molecule has 1 amide bonds. The zero-order valence-electron chi connectivity index (χ0n) is 24.5. The summed E-state index contributed by atoms with van der Waals surface area (Å²) in [5.41, 5.74) is 10.5. The standard InChI is InChI=1S/C33H39N5O4S/c1-42-20-8-19-38-31-13-6-5-12-30(31)35-32(38)26-11-7-18-36(21-26)33(39)28-22-37(23-29(28)34)43(40,41)27-16-14-25(15-17-27)24-9-3-2-4-10-24/h2-6,9-10,12-17,26,28-29H,7-8,11,18-23,34H2,1H3/t26?,28-,29-/m1/s1. The molecule has 2 aliphatic rings. The van der Waals surface area contributed by atoms with Crippen molar-refractivity contribution in [2.24, 2.45) is 11.7 Å². The van der Waals surface area contributed by atoms with Gasteiger partial charge >= 0.3 is 0 Å². The number of aryl methyl sites for hydroxylation is 1. The lowest BCUT2D eigenvalue weighted by atomic mass is 9.94. The number of aromatic nitrogens is 2. The summed E-state index contributed by atoms with van der Waals surface area (Å²) in [5, 5.41) is 0. The second-order valence-corrected chi connectivity index (χ2v) is 13.5. The van der Waals surface area contributed by atoms with E-state index in [0.29, 0.717) is 19.7 Å². The van der Waals surface area contributed by atoms with Gasteiger partial charge in [0.15, 0.2) is 0 Å². The Hall–Kier alpha value is -3.57. The fourth-order valence-electron chi connectivity index (χ4n) is 6.48. The highest BCUT2D eigenvalue weighted by molar-refractivity contribution is 7.89. The van der Waals surface area contributed by atoms with E-state index in [9.17, 15) is 13.2 Å². The van der Waals surface area contributed by atoms with Crippen LogP contribution in [0.5, 0.6) is 0 Å². The summed E-state index contributed by atoms with van der Waals surface area (Å²) >= 11 is 0. The Morgan fingerprint density at radius 1 is 0.953 bits per heavy atom. The molecule has 1 unspecified atom stereocenters. The molecular weight excluding hydrogens is 562 g/mol. The fraction of sp³-hybridized carbons (Fsp3) is 0.394. The summed E-state index contributed by atoms with van der Waals surface area (Å²) in [6.07, 6.45) is 2.67. The third-order valence-electron chi connectivity index (χ3n) is 8.76. The minimum absolute atomic E-state index is 0.0728. The smallest absolute Gasteiger partial charge is 0.243 e. The minimum atomic E-state index is -3.79. The number of ether oxygens (including phenoxy) is 1. The number of para-hydroxylation sites is 2. The van der Waals surface area contributed by atoms with Crippen LogP contribution in [0, 0.1) is 5.92 Å². The molecule has 3 aromatic carbocycles. The number of fused-ring (bicyclic) bond motifs is 1. The van der Waals surface area contributed by atoms with E-state index in [2.05, 4.69) is 10.6 Å². The molecule has 43 heavy (non-hydrogen) atoms. The second-order valence-electron chi connectivity index (χ2n) is 11.6. The Labute approximate surface area is 253 Å². The molecular formula is C33H39N5O4S. The van der Waals surface area contributed by atoms with Gasteiger partial charge in [0.05, 0.1) is 21.8 Å². The third-order valence-corrected chi connectivity index (χ3v) is 10.6. The van der Waals surface area contributed by atoms with Crippen molar-refractivity contribution in [3.05, 3.63) is 84.7 Å². The van der Waals surface area contributed by atoms with Gasteiger partial charge in [-0.3, -0.25) is 4.79 Å². The van der Waals surface area contributed by atoms with E-state index in [4.69, 9.17) is 15.5 Å². The van der Waals surface area contributed by atoms with E-state index in [-0.39, 0.29) is 29.8 Å². The monoisotopic (exact) mass is 601 g/mol. The zero-order valence-corrected chi connectivity index (χ0v) is 25.3. The van der Waals surface area contributed by atoms with Gasteiger partial charge in [0.2, 0.25) is 15.9 Å². The summed E-state index contributed by atoms with van der Waals surface area (Å²) in [5.74, 6) is 0.427. The number of nitrogens with zero attached hydrogens (tertiary/aromatic N) is 4. The van der Waals surface area contributed by atoms with Crippen LogP contribution in [0.2, 0.25) is 0 Å². The molecule has 2 N–H and O–H groups in total. The van der Waals surface area contributed by atoms with Gasteiger partial charge in [0.1, 0.15) is 5.82 Å². The Morgan fingerprint density at radius 2 is 1.67 bits per heavy atom. The topological polar surface area (TPSA) is 111 Å². The fourth-order valence-corrected chi connectivity index (χ4v) is 7.98. The molecule has 2 saturated heterocycles. The molecule has 0 aliphatic carbocycles. The van der Waals surface area contributed by atoms with Gasteiger partial charge in [-0.05, 0) is 54.7 Å². The number of methoxy groups -OCH3 is 1. The number of sulfonamides is 1. The van der Waals surface area contributed by atoms with Gasteiger partial charge in [-0.2, -0.15) is 4.31 Å². The molecule has 6 rings (SSSR count). The van der Waals surface area contributed by atoms with Crippen LogP contribution in [-0.4, -0.2) is 79.0 Å². The van der Waals surface area contributed by atoms with Crippen molar-refractivity contribution in [1.29, 1.82) is 0 Å². The van der Waals surface area contributed by atoms with Crippen molar-refractivity contribution in [3.8, 4) is 11.1 Å². The number of rotatable bonds is 9. The molecule has 0 radical (unpaired) electrons. The number of imidazole rings is 1. The highest BCUT2D eigenvalue weighted by Gasteiger charge is 2.43. The number of nitrogens with two attached hydrogens (primary N) is 1. The van der Waals surface area contributed by atoms with Gasteiger partial charge in [0, 0.05) is 58.4 Å². The highest BCUT2D eigenvalue weighted by atomic mass is 32.2. The van der Waals surface area contributed by atoms with Gasteiger partial charge < -0.3 is 19.9 Å². The Kier molecular flexibility index (Phi) is 8.63. The molecule has 3 atom stereocenters. The average molecular weight is 602 g/mol. The van der Waals surface area contributed by atoms with Crippen LogP contribution in [0.1, 0.15) is 31.0 Å². The number of hydrogen-bond acceptors (Lipinski definition) is 6. The first kappa shape index (κ1) is 29.5. The highest BCUT2D eigenvalue weighted by Crippen LogP contribution is 2.32. The molecule has 226 valence electrons. The SMILES string of the molecule is COCCCn1c(C2CCCN(C(=O)[C@@H]3CN(S(=O)(=O)c4ccc(-c5ccccc5)cc4)C[C@H]3N)C2)nc2ccccc21. The molecule has 0 bridgehead atoms. The number of benzene rings is 3. The van der Waals surface area contributed by atoms with Crippen molar-refractivity contribution in [1.82, 2.24) is 18.8 Å². The second kappa shape index (κ2) is 12.6. The van der Waals surface area contributed by atoms with Gasteiger partial charge in [-0.15, -0.1) is 0 Å². The molecule has 0 spiro atoms. The normalized spacial score (nSPS) is 21.4. The van der Waals surface area contributed by atoms with Crippen LogP contribution in [0.25, 0.3) is 22.2 Å². The first-order chi connectivity index (χ1) is 20.9. The van der Waals surface area contributed by atoms with Crippen LogP contribution < -0.4 is 5.73 Å². The quantitative estimate of drug-likeness (QED) is 0.290. The van der Waals surface area contributed by atoms with Crippen molar-refractivity contribution in [2.75, 3.05) is 39.9 Å². The lowest BCUT2D eigenvalue weighted by Gasteiger charge is -2.35. The van der Waals surface area contributed by atoms with Crippen LogP contribution >= 0.6 is 0 Å². The largest absolute Gasteiger partial charge is 0.385 e. The number of likely N-dealkylation sites (tertiary alicyclic amines) is 1. The number of piperidine rings is 1. The van der Waals surface area contributed by atoms with E-state index in [1.165, 1.54) is 4.31 Å². The van der Waals surface area contributed by atoms with E-state index in [1.54, 1.807) is 19.2 Å². The molecule has 1 aromatic heterocycles. The summed E-state index contributed by atoms with van der Waals surface area (Å²) in [6.45, 7) is 2.84. The molecule has 2 aliphatic heterocycles. The summed E-state index contributed by atoms with van der Waals surface area (Å²) in [4.78, 5) is 20.9. The lowest BCUT2D eigenvalue weighted by molar-refractivity contribution is -0.136. The predicted octanol–water partition coefficient (Wildman–Crippen LogP) is 4.09. The van der Waals surface area contributed by atoms with E-state index in [1.807, 2.05) is 65.6 Å². The molecule has 0 saturated carbocycles. The summed E-state index contributed by atoms with van der Waals surface area (Å²) in [7, 11) is -2.09. The third kappa shape index (κ3) is 5.97. The van der Waals surface area contributed by atoms with Gasteiger partial charge in [-0.25, -0.2) is 13.4 Å². The molecule has 3 heterocycles. The maximum absolute atomic E-state index is 13.8. The van der Waals surface area contributed by atoms with Crippen molar-refractivity contribution in [2.45, 2.75) is 42.7 Å². The van der Waals surface area contributed by atoms with Crippen molar-refractivity contribution in [3.63, 3.8) is 0 Å². The Morgan fingerprint density at radius 3 is 2.44 bits per heavy atom. The first-order valence-electron chi connectivity index (χ1n) is 15.0. The maximum atomic E-state index is 13.8. The van der Waals surface area contributed by atoms with E-state index < -0.39 is 22.0 Å². The molecule has 4 aromatic rings. The number of hydrogen-bond donors (Lipinski definition) is 1. The predicted molar refractivity (Wildman–Crippen MR) is 167 cm³/mol. The van der Waals surface area contributed by atoms with Gasteiger partial charge in [0.25, 0.3) is 0 Å². The minimum Gasteiger partial charge on any atom is -0.385 e. The van der Waals surface area contributed by atoms with E-state index >= 15 is 0 Å². The first-order valence-corrected chi connectivity index (χ1v) is 16.4. The lowest BCUT2D eigenvalue weighted by Crippen LogP contribution is -2.47. The zero-order chi connectivity index (χ0) is 30.0. The summed E-state index contributed by atoms with van der Waals surface area (Å²) in [6, 6.07) is 24.3. The Balaban J connectivity index is 1.16. The molecule has 2 fully saturated rings. The van der Waals surface area contributed by atoms with E-state index in [0.717, 1.165) is 53.8 Å². The number of amides is 1. The maximum Gasteiger partial charge on any atom is 0.243 e. The summed E-state index contributed by atoms with van der Waals surface area (Å²) < 4.78 is 36.1. The van der Waals surface area contributed by atoms with Crippen LogP contribution in [-0.2, 0) is 26.1 Å². The number of carbonyl (C=O) groups excluding carboxylic acids is 1. The van der Waals surface area contributed by atoms with Crippen molar-refractivity contribution >= 4 is 27.0 Å². The van der Waals surface area contributed by atoms with Crippen molar-refractivity contribution < 1.29 is 17.9 Å². The average Bonchev–Trinajstić information content (AvgIpc) is 3.62. The number of carbonyl (C=O) groups is 1. The Bertz CT molecular complexity index is 1670. The van der Waals surface area contributed by atoms with Gasteiger partial charge in [-0.1, -0.05) is 54.6 Å². The molecule has 9 nitrogen and oxygen atoms in total. The van der Waals surface area contributed by atoms with Crippen LogP contribution in [0.3, 0.4) is 0 Å². The molecule has 10 heteroatoms.